The molecule has 2 heterocycles. The fourth-order valence-corrected chi connectivity index (χ4v) is 3.32. The third kappa shape index (κ3) is 3.54. The standard InChI is InChI=1S/C20H16N4O3S.H2/c1-13-18(19-23-20(27-24-19)15-6-4-3-5-7-15)22-17(12-21-13)14-8-10-16(11-9-14)28(2,25)26;/h3-12H,1-2H3;1H. The highest BCUT2D eigenvalue weighted by Crippen LogP contribution is 2.25. The summed E-state index contributed by atoms with van der Waals surface area (Å²) in [7, 11) is -3.25. The molecule has 0 aliphatic rings. The first kappa shape index (κ1) is 18.0. The van der Waals surface area contributed by atoms with Crippen molar-refractivity contribution in [3.8, 4) is 34.2 Å². The highest BCUT2D eigenvalue weighted by Gasteiger charge is 2.16. The fraction of sp³-hybridized carbons (Fsp3) is 0.100. The number of sulfone groups is 1. The summed E-state index contributed by atoms with van der Waals surface area (Å²) >= 11 is 0. The van der Waals surface area contributed by atoms with Crippen molar-refractivity contribution in [2.75, 3.05) is 6.26 Å². The Morgan fingerprint density at radius 1 is 0.929 bits per heavy atom. The van der Waals surface area contributed by atoms with Gasteiger partial charge in [-0.05, 0) is 31.2 Å². The summed E-state index contributed by atoms with van der Waals surface area (Å²) in [4.78, 5) is 13.7. The predicted octanol–water partition coefficient (Wildman–Crippen LogP) is 3.82. The summed E-state index contributed by atoms with van der Waals surface area (Å²) in [5.41, 5.74) is 3.33. The number of hydrogen-bond acceptors (Lipinski definition) is 7. The van der Waals surface area contributed by atoms with Crippen LogP contribution in [0.15, 0.2) is 70.2 Å². The lowest BCUT2D eigenvalue weighted by Gasteiger charge is -2.05. The van der Waals surface area contributed by atoms with Gasteiger partial charge in [0, 0.05) is 18.8 Å². The van der Waals surface area contributed by atoms with E-state index < -0.39 is 9.84 Å². The van der Waals surface area contributed by atoms with E-state index in [2.05, 4.69) is 20.1 Å². The molecule has 2 aromatic carbocycles. The third-order valence-corrected chi connectivity index (χ3v) is 5.32. The minimum absolute atomic E-state index is 0. The molecule has 4 rings (SSSR count). The van der Waals surface area contributed by atoms with Crippen LogP contribution in [0.1, 0.15) is 7.12 Å². The van der Waals surface area contributed by atoms with Crippen molar-refractivity contribution >= 4 is 9.84 Å². The van der Waals surface area contributed by atoms with Crippen LogP contribution in [0.4, 0.5) is 0 Å². The first-order valence-corrected chi connectivity index (χ1v) is 10.3. The molecule has 0 spiro atoms. The molecule has 0 N–H and O–H groups in total. The molecule has 0 saturated heterocycles. The van der Waals surface area contributed by atoms with Crippen LogP contribution in [0.2, 0.25) is 0 Å². The molecule has 0 bridgehead atoms. The third-order valence-electron chi connectivity index (χ3n) is 4.19. The zero-order chi connectivity index (χ0) is 19.7. The summed E-state index contributed by atoms with van der Waals surface area (Å²) in [5.74, 6) is 0.748. The molecule has 0 aliphatic heterocycles. The van der Waals surface area contributed by atoms with E-state index in [0.717, 1.165) is 11.1 Å². The van der Waals surface area contributed by atoms with Crippen molar-refractivity contribution in [3.63, 3.8) is 0 Å². The molecular formula is C20H18N4O3S. The Kier molecular flexibility index (Phi) is 4.48. The number of nitrogens with zero attached hydrogens (tertiary/aromatic N) is 4. The zero-order valence-electron chi connectivity index (χ0n) is 15.2. The van der Waals surface area contributed by atoms with E-state index in [0.29, 0.717) is 28.8 Å². The monoisotopic (exact) mass is 394 g/mol. The first-order valence-electron chi connectivity index (χ1n) is 8.45. The normalized spacial score (nSPS) is 11.5. The molecular weight excluding hydrogens is 376 g/mol. The number of hydrogen-bond donors (Lipinski definition) is 0. The molecule has 0 aliphatic carbocycles. The van der Waals surface area contributed by atoms with E-state index in [-0.39, 0.29) is 6.32 Å². The number of aromatic nitrogens is 4. The topological polar surface area (TPSA) is 98.8 Å². The van der Waals surface area contributed by atoms with Crippen LogP contribution in [0, 0.1) is 6.92 Å². The van der Waals surface area contributed by atoms with Gasteiger partial charge in [0.15, 0.2) is 9.84 Å². The molecule has 2 aromatic heterocycles. The molecule has 0 saturated carbocycles. The van der Waals surface area contributed by atoms with E-state index in [9.17, 15) is 8.42 Å². The summed E-state index contributed by atoms with van der Waals surface area (Å²) in [6.45, 7) is 1.82. The molecule has 0 amide bonds. The van der Waals surface area contributed by atoms with E-state index in [1.165, 1.54) is 6.26 Å². The van der Waals surface area contributed by atoms with E-state index in [4.69, 9.17) is 4.52 Å². The van der Waals surface area contributed by atoms with Gasteiger partial charge in [0.05, 0.1) is 22.5 Å². The molecule has 0 radical (unpaired) electrons. The number of benzene rings is 2. The van der Waals surface area contributed by atoms with Crippen LogP contribution >= 0.6 is 0 Å². The van der Waals surface area contributed by atoms with Crippen molar-refractivity contribution in [1.82, 2.24) is 20.1 Å². The Hall–Kier alpha value is -3.39. The van der Waals surface area contributed by atoms with Crippen LogP contribution in [0.25, 0.3) is 34.2 Å². The molecule has 142 valence electrons. The van der Waals surface area contributed by atoms with E-state index in [1.807, 2.05) is 37.3 Å². The smallest absolute Gasteiger partial charge is 0.258 e. The number of rotatable bonds is 4. The minimum atomic E-state index is -3.25. The second-order valence-electron chi connectivity index (χ2n) is 6.27. The summed E-state index contributed by atoms with van der Waals surface area (Å²) in [5, 5.41) is 4.04. The van der Waals surface area contributed by atoms with Crippen molar-refractivity contribution in [2.45, 2.75) is 11.8 Å². The molecule has 7 nitrogen and oxygen atoms in total. The van der Waals surface area contributed by atoms with Gasteiger partial charge in [-0.1, -0.05) is 35.5 Å². The van der Waals surface area contributed by atoms with Crippen molar-refractivity contribution in [3.05, 3.63) is 66.5 Å². The zero-order valence-corrected chi connectivity index (χ0v) is 16.0. The fourth-order valence-electron chi connectivity index (χ4n) is 2.69. The quantitative estimate of drug-likeness (QED) is 0.519. The highest BCUT2D eigenvalue weighted by molar-refractivity contribution is 7.90. The van der Waals surface area contributed by atoms with Gasteiger partial charge >= 0.3 is 0 Å². The second kappa shape index (κ2) is 6.97. The average Bonchev–Trinajstić information content (AvgIpc) is 3.18. The van der Waals surface area contributed by atoms with Gasteiger partial charge in [-0.3, -0.25) is 4.98 Å². The summed E-state index contributed by atoms with van der Waals surface area (Å²) in [6.07, 6.45) is 2.80. The Balaban J connectivity index is 0.00000240. The molecule has 0 atom stereocenters. The van der Waals surface area contributed by atoms with E-state index >= 15 is 0 Å². The summed E-state index contributed by atoms with van der Waals surface area (Å²) in [6, 6.07) is 16.0. The van der Waals surface area contributed by atoms with Crippen molar-refractivity contribution in [1.29, 1.82) is 0 Å². The molecule has 0 unspecified atom stereocenters. The second-order valence-corrected chi connectivity index (χ2v) is 8.29. The van der Waals surface area contributed by atoms with Crippen molar-refractivity contribution < 1.29 is 14.4 Å². The Labute approximate surface area is 163 Å². The van der Waals surface area contributed by atoms with Crippen LogP contribution in [-0.4, -0.2) is 34.8 Å². The maximum atomic E-state index is 11.6. The van der Waals surface area contributed by atoms with Crippen LogP contribution in [0.3, 0.4) is 0 Å². The Morgan fingerprint density at radius 3 is 2.32 bits per heavy atom. The van der Waals surface area contributed by atoms with Gasteiger partial charge in [0.25, 0.3) is 5.89 Å². The largest absolute Gasteiger partial charge is 0.334 e. The molecule has 8 heteroatoms. The lowest BCUT2D eigenvalue weighted by Crippen LogP contribution is -1.98. The lowest BCUT2D eigenvalue weighted by molar-refractivity contribution is 0.432. The highest BCUT2D eigenvalue weighted by atomic mass is 32.2. The van der Waals surface area contributed by atoms with Crippen LogP contribution < -0.4 is 0 Å². The maximum absolute atomic E-state index is 11.6. The summed E-state index contributed by atoms with van der Waals surface area (Å²) < 4.78 is 28.6. The Bertz CT molecular complexity index is 1240. The first-order chi connectivity index (χ1) is 13.4. The molecule has 0 fully saturated rings. The van der Waals surface area contributed by atoms with E-state index in [1.54, 1.807) is 30.5 Å². The van der Waals surface area contributed by atoms with Gasteiger partial charge in [0.2, 0.25) is 5.82 Å². The lowest BCUT2D eigenvalue weighted by atomic mass is 10.1. The predicted molar refractivity (Wildman–Crippen MR) is 106 cm³/mol. The minimum Gasteiger partial charge on any atom is -0.334 e. The SMILES string of the molecule is Cc1ncc(-c2ccc(S(C)(=O)=O)cc2)nc1-c1noc(-c2ccccc2)n1.[HH]. The van der Waals surface area contributed by atoms with Gasteiger partial charge in [-0.25, -0.2) is 13.4 Å². The molecule has 4 aromatic rings. The van der Waals surface area contributed by atoms with Gasteiger partial charge in [-0.15, -0.1) is 0 Å². The van der Waals surface area contributed by atoms with Gasteiger partial charge < -0.3 is 4.52 Å². The Morgan fingerprint density at radius 2 is 1.64 bits per heavy atom. The maximum Gasteiger partial charge on any atom is 0.258 e. The average molecular weight is 394 g/mol. The van der Waals surface area contributed by atoms with Crippen molar-refractivity contribution in [2.24, 2.45) is 0 Å². The number of aryl methyl sites for hydroxylation is 1. The van der Waals surface area contributed by atoms with Crippen LogP contribution in [0.5, 0.6) is 0 Å². The van der Waals surface area contributed by atoms with Gasteiger partial charge in [0.1, 0.15) is 5.69 Å². The molecule has 28 heavy (non-hydrogen) atoms. The van der Waals surface area contributed by atoms with Crippen LogP contribution in [-0.2, 0) is 9.84 Å². The van der Waals surface area contributed by atoms with Gasteiger partial charge in [-0.2, -0.15) is 4.98 Å².